The summed E-state index contributed by atoms with van der Waals surface area (Å²) in [5, 5.41) is 7.38. The summed E-state index contributed by atoms with van der Waals surface area (Å²) in [6.45, 7) is 7.52. The number of aromatic nitrogens is 3. The maximum atomic E-state index is 11.2. The average Bonchev–Trinajstić information content (AvgIpc) is 2.72. The molecule has 1 N–H and O–H groups in total. The van der Waals surface area contributed by atoms with E-state index in [1.165, 1.54) is 0 Å². The van der Waals surface area contributed by atoms with E-state index in [9.17, 15) is 4.21 Å². The quantitative estimate of drug-likeness (QED) is 0.718. The Balaban J connectivity index is 2.32. The highest BCUT2D eigenvalue weighted by Crippen LogP contribution is 2.04. The van der Waals surface area contributed by atoms with Crippen molar-refractivity contribution >= 4 is 10.8 Å². The van der Waals surface area contributed by atoms with Gasteiger partial charge in [-0.2, -0.15) is 5.10 Å². The molecule has 1 unspecified atom stereocenters. The van der Waals surface area contributed by atoms with Crippen molar-refractivity contribution in [2.45, 2.75) is 33.4 Å². The maximum absolute atomic E-state index is 11.2. The van der Waals surface area contributed by atoms with Gasteiger partial charge in [-0.05, 0) is 13.8 Å². The van der Waals surface area contributed by atoms with Crippen LogP contribution in [0.5, 0.6) is 0 Å². The normalized spacial score (nSPS) is 13.2. The minimum absolute atomic E-state index is 0.323. The van der Waals surface area contributed by atoms with E-state index in [0.29, 0.717) is 18.3 Å². The molecule has 1 heterocycles. The average molecular weight is 244 g/mol. The molecule has 5 nitrogen and oxygen atoms in total. The SMILES string of the molecule is CCS(=O)CCNCc1ncnn1C(C)C. The molecular formula is C10H20N4OS. The van der Waals surface area contributed by atoms with E-state index in [-0.39, 0.29) is 0 Å². The van der Waals surface area contributed by atoms with Crippen molar-refractivity contribution in [3.05, 3.63) is 12.2 Å². The summed E-state index contributed by atoms with van der Waals surface area (Å²) in [4.78, 5) is 4.19. The van der Waals surface area contributed by atoms with Crippen molar-refractivity contribution in [2.24, 2.45) is 0 Å². The van der Waals surface area contributed by atoms with Gasteiger partial charge in [-0.1, -0.05) is 6.92 Å². The smallest absolute Gasteiger partial charge is 0.141 e. The molecule has 0 saturated carbocycles. The maximum Gasteiger partial charge on any atom is 0.141 e. The van der Waals surface area contributed by atoms with Crippen LogP contribution in [0.15, 0.2) is 6.33 Å². The number of hydrogen-bond donors (Lipinski definition) is 1. The molecular weight excluding hydrogens is 224 g/mol. The molecule has 0 radical (unpaired) electrons. The second-order valence-corrected chi connectivity index (χ2v) is 5.69. The van der Waals surface area contributed by atoms with Gasteiger partial charge in [0, 0.05) is 34.9 Å². The third kappa shape index (κ3) is 4.02. The summed E-state index contributed by atoms with van der Waals surface area (Å²) in [7, 11) is -0.695. The molecule has 0 spiro atoms. The van der Waals surface area contributed by atoms with Crippen molar-refractivity contribution in [3.63, 3.8) is 0 Å². The Morgan fingerprint density at radius 2 is 2.31 bits per heavy atom. The molecule has 0 fully saturated rings. The van der Waals surface area contributed by atoms with E-state index in [0.717, 1.165) is 18.1 Å². The van der Waals surface area contributed by atoms with Gasteiger partial charge >= 0.3 is 0 Å². The van der Waals surface area contributed by atoms with Crippen molar-refractivity contribution < 1.29 is 4.21 Å². The zero-order chi connectivity index (χ0) is 12.0. The summed E-state index contributed by atoms with van der Waals surface area (Å²) in [6.07, 6.45) is 1.57. The second-order valence-electron chi connectivity index (χ2n) is 3.82. The Morgan fingerprint density at radius 3 is 2.94 bits per heavy atom. The molecule has 6 heteroatoms. The zero-order valence-electron chi connectivity index (χ0n) is 10.1. The van der Waals surface area contributed by atoms with Crippen LogP contribution >= 0.6 is 0 Å². The van der Waals surface area contributed by atoms with Crippen LogP contribution in [0.1, 0.15) is 32.6 Å². The first-order valence-corrected chi connectivity index (χ1v) is 7.08. The Morgan fingerprint density at radius 1 is 1.56 bits per heavy atom. The third-order valence-corrected chi connectivity index (χ3v) is 3.55. The molecule has 0 aliphatic heterocycles. The monoisotopic (exact) mass is 244 g/mol. The molecule has 92 valence electrons. The van der Waals surface area contributed by atoms with Crippen molar-refractivity contribution in [2.75, 3.05) is 18.1 Å². The predicted octanol–water partition coefficient (Wildman–Crippen LogP) is 0.717. The fraction of sp³-hybridized carbons (Fsp3) is 0.800. The van der Waals surface area contributed by atoms with Crippen LogP contribution < -0.4 is 5.32 Å². The molecule has 1 rings (SSSR count). The van der Waals surface area contributed by atoms with Crippen molar-refractivity contribution in [3.8, 4) is 0 Å². The highest BCUT2D eigenvalue weighted by atomic mass is 32.2. The van der Waals surface area contributed by atoms with E-state index in [1.807, 2.05) is 11.6 Å². The number of rotatable bonds is 7. The largest absolute Gasteiger partial charge is 0.309 e. The summed E-state index contributed by atoms with van der Waals surface area (Å²) in [5.41, 5.74) is 0. The van der Waals surface area contributed by atoms with E-state index >= 15 is 0 Å². The first-order valence-electron chi connectivity index (χ1n) is 5.59. The molecule has 0 amide bonds. The summed E-state index contributed by atoms with van der Waals surface area (Å²) < 4.78 is 13.1. The molecule has 1 aromatic rings. The van der Waals surface area contributed by atoms with Crippen LogP contribution in [-0.2, 0) is 17.3 Å². The lowest BCUT2D eigenvalue weighted by Crippen LogP contribution is -2.23. The first-order chi connectivity index (χ1) is 7.65. The molecule has 1 aromatic heterocycles. The van der Waals surface area contributed by atoms with Crippen LogP contribution in [0.4, 0.5) is 0 Å². The van der Waals surface area contributed by atoms with Gasteiger partial charge in [-0.25, -0.2) is 9.67 Å². The summed E-state index contributed by atoms with van der Waals surface area (Å²) >= 11 is 0. The molecule has 0 aliphatic carbocycles. The van der Waals surface area contributed by atoms with Gasteiger partial charge in [0.2, 0.25) is 0 Å². The molecule has 0 bridgehead atoms. The second kappa shape index (κ2) is 6.75. The lowest BCUT2D eigenvalue weighted by molar-refractivity contribution is 0.493. The van der Waals surface area contributed by atoms with Gasteiger partial charge in [0.05, 0.1) is 6.54 Å². The molecule has 0 saturated heterocycles. The lowest BCUT2D eigenvalue weighted by Gasteiger charge is -2.09. The van der Waals surface area contributed by atoms with Crippen molar-refractivity contribution in [1.82, 2.24) is 20.1 Å². The van der Waals surface area contributed by atoms with Crippen LogP contribution in [-0.4, -0.2) is 37.0 Å². The highest BCUT2D eigenvalue weighted by Gasteiger charge is 2.06. The standard InChI is InChI=1S/C10H20N4OS/c1-4-16(15)6-5-11-7-10-12-8-13-14(10)9(2)3/h8-9,11H,4-7H2,1-3H3. The molecule has 1 atom stereocenters. The molecule has 16 heavy (non-hydrogen) atoms. The number of nitrogens with zero attached hydrogens (tertiary/aromatic N) is 3. The van der Waals surface area contributed by atoms with E-state index in [4.69, 9.17) is 0 Å². The predicted molar refractivity (Wildman–Crippen MR) is 65.7 cm³/mol. The highest BCUT2D eigenvalue weighted by molar-refractivity contribution is 7.84. The number of hydrogen-bond acceptors (Lipinski definition) is 4. The molecule has 0 aliphatic rings. The van der Waals surface area contributed by atoms with Gasteiger partial charge in [-0.15, -0.1) is 0 Å². The van der Waals surface area contributed by atoms with Gasteiger partial charge < -0.3 is 5.32 Å². The van der Waals surface area contributed by atoms with Gasteiger partial charge in [0.15, 0.2) is 0 Å². The minimum atomic E-state index is -0.695. The van der Waals surface area contributed by atoms with Crippen LogP contribution in [0.2, 0.25) is 0 Å². The van der Waals surface area contributed by atoms with E-state index in [2.05, 4.69) is 29.2 Å². The Kier molecular flexibility index (Phi) is 5.62. The summed E-state index contributed by atoms with van der Waals surface area (Å²) in [5.74, 6) is 2.35. The minimum Gasteiger partial charge on any atom is -0.309 e. The summed E-state index contributed by atoms with van der Waals surface area (Å²) in [6, 6.07) is 0.323. The van der Waals surface area contributed by atoms with Crippen molar-refractivity contribution in [1.29, 1.82) is 0 Å². The Bertz CT molecular complexity index is 337. The fourth-order valence-corrected chi connectivity index (χ4v) is 2.02. The van der Waals surface area contributed by atoms with Gasteiger partial charge in [0.25, 0.3) is 0 Å². The lowest BCUT2D eigenvalue weighted by atomic mass is 10.4. The van der Waals surface area contributed by atoms with Gasteiger partial charge in [-0.3, -0.25) is 4.21 Å². The van der Waals surface area contributed by atoms with Crippen LogP contribution in [0, 0.1) is 0 Å². The van der Waals surface area contributed by atoms with Crippen LogP contribution in [0.25, 0.3) is 0 Å². The molecule has 0 aromatic carbocycles. The van der Waals surface area contributed by atoms with E-state index in [1.54, 1.807) is 6.33 Å². The topological polar surface area (TPSA) is 59.8 Å². The number of nitrogens with one attached hydrogen (secondary N) is 1. The van der Waals surface area contributed by atoms with E-state index < -0.39 is 10.8 Å². The van der Waals surface area contributed by atoms with Gasteiger partial charge in [0.1, 0.15) is 12.2 Å². The first kappa shape index (κ1) is 13.3. The zero-order valence-corrected chi connectivity index (χ0v) is 11.0. The van der Waals surface area contributed by atoms with Crippen LogP contribution in [0.3, 0.4) is 0 Å². The Hall–Kier alpha value is -0.750. The third-order valence-electron chi connectivity index (χ3n) is 2.25. The fourth-order valence-electron chi connectivity index (χ4n) is 1.36. The Labute approximate surface area is 99.1 Å².